The Hall–Kier alpha value is -1.40. The number of hydrogen-bond acceptors (Lipinski definition) is 4. The Kier molecular flexibility index (Phi) is 5.10. The van der Waals surface area contributed by atoms with Gasteiger partial charge in [-0.25, -0.2) is 4.98 Å². The van der Waals surface area contributed by atoms with Crippen molar-refractivity contribution in [3.05, 3.63) is 18.2 Å². The number of aromatic amines is 1. The molecule has 0 unspecified atom stereocenters. The SMILES string of the molecule is CN1CCN(C(=O)CC[C@@H]2CCCCO2)C[C@H]1c1ncc[nH]1. The second-order valence-electron chi connectivity index (χ2n) is 6.34. The van der Waals surface area contributed by atoms with Gasteiger partial charge in [0.05, 0.1) is 12.1 Å². The predicted molar refractivity (Wildman–Crippen MR) is 83.4 cm³/mol. The Labute approximate surface area is 131 Å². The number of carbonyl (C=O) groups is 1. The van der Waals surface area contributed by atoms with Crippen molar-refractivity contribution in [2.24, 2.45) is 0 Å². The van der Waals surface area contributed by atoms with Gasteiger partial charge < -0.3 is 14.6 Å². The first-order chi connectivity index (χ1) is 10.7. The second kappa shape index (κ2) is 7.24. The van der Waals surface area contributed by atoms with Crippen LogP contribution < -0.4 is 0 Å². The second-order valence-corrected chi connectivity index (χ2v) is 6.34. The molecule has 6 nitrogen and oxygen atoms in total. The third-order valence-corrected chi connectivity index (χ3v) is 4.79. The maximum atomic E-state index is 12.5. The number of rotatable bonds is 4. The highest BCUT2D eigenvalue weighted by atomic mass is 16.5. The van der Waals surface area contributed by atoms with Gasteiger partial charge in [-0.2, -0.15) is 0 Å². The summed E-state index contributed by atoms with van der Waals surface area (Å²) in [6.07, 6.45) is 8.84. The quantitative estimate of drug-likeness (QED) is 0.917. The van der Waals surface area contributed by atoms with Crippen molar-refractivity contribution in [3.63, 3.8) is 0 Å². The number of ether oxygens (including phenoxy) is 1. The summed E-state index contributed by atoms with van der Waals surface area (Å²) in [5.74, 6) is 1.19. The first-order valence-corrected chi connectivity index (χ1v) is 8.33. The van der Waals surface area contributed by atoms with Gasteiger partial charge >= 0.3 is 0 Å². The normalized spacial score (nSPS) is 27.0. The third-order valence-electron chi connectivity index (χ3n) is 4.79. The number of hydrogen-bond donors (Lipinski definition) is 1. The molecule has 1 aromatic heterocycles. The highest BCUT2D eigenvalue weighted by Gasteiger charge is 2.30. The van der Waals surface area contributed by atoms with E-state index in [9.17, 15) is 4.79 Å². The van der Waals surface area contributed by atoms with Gasteiger partial charge in [-0.1, -0.05) is 0 Å². The van der Waals surface area contributed by atoms with Crippen LogP contribution in [0.1, 0.15) is 44.0 Å². The summed E-state index contributed by atoms with van der Waals surface area (Å²) in [4.78, 5) is 24.2. The van der Waals surface area contributed by atoms with E-state index >= 15 is 0 Å². The van der Waals surface area contributed by atoms with Crippen LogP contribution in [0.4, 0.5) is 0 Å². The highest BCUT2D eigenvalue weighted by Crippen LogP contribution is 2.23. The van der Waals surface area contributed by atoms with Crippen LogP contribution in [-0.4, -0.2) is 65.1 Å². The molecular weight excluding hydrogens is 280 g/mol. The zero-order chi connectivity index (χ0) is 15.4. The van der Waals surface area contributed by atoms with E-state index in [0.29, 0.717) is 13.0 Å². The topological polar surface area (TPSA) is 61.5 Å². The summed E-state index contributed by atoms with van der Waals surface area (Å²) in [6.45, 7) is 3.26. The molecule has 2 saturated heterocycles. The van der Waals surface area contributed by atoms with E-state index in [0.717, 1.165) is 44.8 Å². The summed E-state index contributed by atoms with van der Waals surface area (Å²) in [7, 11) is 2.09. The minimum Gasteiger partial charge on any atom is -0.378 e. The van der Waals surface area contributed by atoms with Crippen LogP contribution in [-0.2, 0) is 9.53 Å². The number of carbonyl (C=O) groups excluding carboxylic acids is 1. The van der Waals surface area contributed by atoms with E-state index in [-0.39, 0.29) is 18.1 Å². The molecule has 122 valence electrons. The molecule has 6 heteroatoms. The largest absolute Gasteiger partial charge is 0.378 e. The van der Waals surface area contributed by atoms with E-state index < -0.39 is 0 Å². The van der Waals surface area contributed by atoms with E-state index in [1.165, 1.54) is 6.42 Å². The highest BCUT2D eigenvalue weighted by molar-refractivity contribution is 5.76. The Balaban J connectivity index is 1.51. The maximum absolute atomic E-state index is 12.5. The smallest absolute Gasteiger partial charge is 0.222 e. The van der Waals surface area contributed by atoms with Gasteiger partial charge in [-0.3, -0.25) is 9.69 Å². The van der Waals surface area contributed by atoms with Crippen molar-refractivity contribution in [2.45, 2.75) is 44.2 Å². The number of nitrogens with one attached hydrogen (secondary N) is 1. The Morgan fingerprint density at radius 2 is 2.36 bits per heavy atom. The van der Waals surface area contributed by atoms with Gasteiger partial charge in [-0.15, -0.1) is 0 Å². The molecule has 2 aliphatic rings. The summed E-state index contributed by atoms with van der Waals surface area (Å²) >= 11 is 0. The van der Waals surface area contributed by atoms with Crippen molar-refractivity contribution in [3.8, 4) is 0 Å². The number of H-pyrrole nitrogens is 1. The lowest BCUT2D eigenvalue weighted by Crippen LogP contribution is -2.49. The Morgan fingerprint density at radius 3 is 3.09 bits per heavy atom. The van der Waals surface area contributed by atoms with Crippen molar-refractivity contribution >= 4 is 5.91 Å². The van der Waals surface area contributed by atoms with E-state index in [4.69, 9.17) is 4.74 Å². The van der Waals surface area contributed by atoms with Gasteiger partial charge in [0, 0.05) is 45.1 Å². The molecule has 0 aromatic carbocycles. The molecule has 2 atom stereocenters. The fraction of sp³-hybridized carbons (Fsp3) is 0.750. The lowest BCUT2D eigenvalue weighted by atomic mass is 10.0. The van der Waals surface area contributed by atoms with Crippen LogP contribution in [0.25, 0.3) is 0 Å². The fourth-order valence-corrected chi connectivity index (χ4v) is 3.33. The summed E-state index contributed by atoms with van der Waals surface area (Å²) in [6, 6.07) is 0.165. The first-order valence-electron chi connectivity index (χ1n) is 8.33. The molecule has 1 N–H and O–H groups in total. The number of amides is 1. The molecule has 0 spiro atoms. The van der Waals surface area contributed by atoms with Crippen LogP contribution in [0, 0.1) is 0 Å². The molecule has 0 bridgehead atoms. The van der Waals surface area contributed by atoms with E-state index in [2.05, 4.69) is 21.9 Å². The maximum Gasteiger partial charge on any atom is 0.222 e. The lowest BCUT2D eigenvalue weighted by molar-refractivity contribution is -0.135. The number of piperazine rings is 1. The molecule has 0 aliphatic carbocycles. The zero-order valence-electron chi connectivity index (χ0n) is 13.3. The minimum absolute atomic E-state index is 0.165. The molecule has 22 heavy (non-hydrogen) atoms. The van der Waals surface area contributed by atoms with Gasteiger partial charge in [0.2, 0.25) is 5.91 Å². The zero-order valence-corrected chi connectivity index (χ0v) is 13.3. The molecule has 3 heterocycles. The Bertz CT molecular complexity index is 471. The molecule has 1 aromatic rings. The number of nitrogens with zero attached hydrogens (tertiary/aromatic N) is 3. The Morgan fingerprint density at radius 1 is 1.45 bits per heavy atom. The van der Waals surface area contributed by atoms with Crippen LogP contribution >= 0.6 is 0 Å². The van der Waals surface area contributed by atoms with Crippen LogP contribution in [0.3, 0.4) is 0 Å². The van der Waals surface area contributed by atoms with Crippen molar-refractivity contribution in [1.82, 2.24) is 19.8 Å². The lowest BCUT2D eigenvalue weighted by Gasteiger charge is -2.38. The van der Waals surface area contributed by atoms with Gasteiger partial charge in [0.15, 0.2) is 0 Å². The predicted octanol–water partition coefficient (Wildman–Crippen LogP) is 1.57. The van der Waals surface area contributed by atoms with Crippen LogP contribution in [0.15, 0.2) is 12.4 Å². The van der Waals surface area contributed by atoms with Gasteiger partial charge in [0.25, 0.3) is 0 Å². The molecule has 0 radical (unpaired) electrons. The monoisotopic (exact) mass is 306 g/mol. The van der Waals surface area contributed by atoms with Gasteiger partial charge in [-0.05, 0) is 32.7 Å². The van der Waals surface area contributed by atoms with Crippen molar-refractivity contribution in [2.75, 3.05) is 33.3 Å². The van der Waals surface area contributed by atoms with Gasteiger partial charge in [0.1, 0.15) is 5.82 Å². The molecule has 2 fully saturated rings. The van der Waals surface area contributed by atoms with Crippen molar-refractivity contribution < 1.29 is 9.53 Å². The third kappa shape index (κ3) is 3.67. The standard InChI is InChI=1S/C16H26N4O2/c1-19-9-10-20(12-14(19)16-17-7-8-18-16)15(21)6-5-13-4-2-3-11-22-13/h7-8,13-14H,2-6,9-12H2,1H3,(H,17,18)/t13-,14-/m0/s1. The van der Waals surface area contributed by atoms with E-state index in [1.54, 1.807) is 6.20 Å². The number of aromatic nitrogens is 2. The molecule has 1 amide bonds. The van der Waals surface area contributed by atoms with Crippen LogP contribution in [0.5, 0.6) is 0 Å². The van der Waals surface area contributed by atoms with Crippen molar-refractivity contribution in [1.29, 1.82) is 0 Å². The van der Waals surface area contributed by atoms with E-state index in [1.807, 2.05) is 11.1 Å². The first kappa shape index (κ1) is 15.5. The average molecular weight is 306 g/mol. The molecular formula is C16H26N4O2. The minimum atomic E-state index is 0.165. The molecule has 2 aliphatic heterocycles. The van der Waals surface area contributed by atoms with Crippen LogP contribution in [0.2, 0.25) is 0 Å². The number of likely N-dealkylation sites (N-methyl/N-ethyl adjacent to an activating group) is 1. The average Bonchev–Trinajstić information content (AvgIpc) is 3.08. The summed E-state index contributed by atoms with van der Waals surface area (Å²) in [5.41, 5.74) is 0. The summed E-state index contributed by atoms with van der Waals surface area (Å²) in [5, 5.41) is 0. The summed E-state index contributed by atoms with van der Waals surface area (Å²) < 4.78 is 5.72. The molecule has 3 rings (SSSR count). The number of imidazole rings is 1. The fourth-order valence-electron chi connectivity index (χ4n) is 3.33. The molecule has 0 saturated carbocycles.